The van der Waals surface area contributed by atoms with E-state index in [0.717, 1.165) is 27.9 Å². The summed E-state index contributed by atoms with van der Waals surface area (Å²) in [7, 11) is -1.83. The van der Waals surface area contributed by atoms with Crippen LogP contribution >= 0.6 is 11.8 Å². The first-order valence-corrected chi connectivity index (χ1v) is 13.3. The van der Waals surface area contributed by atoms with E-state index in [2.05, 4.69) is 15.5 Å². The maximum absolute atomic E-state index is 13.0. The minimum absolute atomic E-state index is 0.116. The van der Waals surface area contributed by atoms with Crippen LogP contribution in [-0.2, 0) is 27.4 Å². The molecule has 3 aromatic rings. The number of hydrogen-bond donors (Lipinski definition) is 1. The third-order valence-corrected chi connectivity index (χ3v) is 8.49. The van der Waals surface area contributed by atoms with Crippen molar-refractivity contribution in [1.29, 1.82) is 0 Å². The highest BCUT2D eigenvalue weighted by Gasteiger charge is 2.25. The molecule has 0 saturated carbocycles. The molecule has 0 radical (unpaired) electrons. The van der Waals surface area contributed by atoms with E-state index in [1.165, 1.54) is 11.8 Å². The van der Waals surface area contributed by atoms with Gasteiger partial charge in [-0.15, -0.1) is 10.2 Å². The normalized spacial score (nSPS) is 12.5. The molecule has 3 rings (SSSR count). The number of rotatable bonds is 8. The number of aryl methyl sites for hydroxylation is 4. The number of sulfone groups is 1. The fourth-order valence-electron chi connectivity index (χ4n) is 3.60. The maximum Gasteiger partial charge on any atom is 0.237 e. The summed E-state index contributed by atoms with van der Waals surface area (Å²) in [6.07, 6.45) is 0.588. The third-order valence-electron chi connectivity index (χ3n) is 5.46. The van der Waals surface area contributed by atoms with E-state index in [-0.39, 0.29) is 16.6 Å². The molecule has 2 aromatic carbocycles. The molecule has 1 N–H and O–H groups in total. The molecule has 7 nitrogen and oxygen atoms in total. The van der Waals surface area contributed by atoms with Gasteiger partial charge in [0.15, 0.2) is 15.0 Å². The zero-order valence-electron chi connectivity index (χ0n) is 19.8. The summed E-state index contributed by atoms with van der Waals surface area (Å²) in [6, 6.07) is 10.8. The van der Waals surface area contributed by atoms with Gasteiger partial charge in [-0.2, -0.15) is 0 Å². The molecule has 1 unspecified atom stereocenters. The van der Waals surface area contributed by atoms with Gasteiger partial charge >= 0.3 is 0 Å². The first kappa shape index (κ1) is 25.0. The molecule has 0 bridgehead atoms. The quantitative estimate of drug-likeness (QED) is 0.470. The van der Waals surface area contributed by atoms with E-state index >= 15 is 0 Å². The summed E-state index contributed by atoms with van der Waals surface area (Å²) in [4.78, 5) is 13.3. The van der Waals surface area contributed by atoms with Crippen LogP contribution in [0.25, 0.3) is 0 Å². The lowest BCUT2D eigenvalue weighted by molar-refractivity contribution is -0.115. The molecular formula is C24H30N4O3S2. The number of nitrogens with one attached hydrogen (secondary N) is 1. The highest BCUT2D eigenvalue weighted by Crippen LogP contribution is 2.28. The number of amides is 1. The summed E-state index contributed by atoms with van der Waals surface area (Å²) in [5.41, 5.74) is 5.00. The van der Waals surface area contributed by atoms with E-state index in [4.69, 9.17) is 0 Å². The largest absolute Gasteiger partial charge is 0.325 e. The second-order valence-electron chi connectivity index (χ2n) is 8.31. The predicted molar refractivity (Wildman–Crippen MR) is 132 cm³/mol. The zero-order valence-corrected chi connectivity index (χ0v) is 21.5. The Labute approximate surface area is 199 Å². The zero-order chi connectivity index (χ0) is 24.3. The molecule has 1 aromatic heterocycles. The minimum atomic E-state index is -3.56. The van der Waals surface area contributed by atoms with Crippen LogP contribution in [-0.4, -0.2) is 34.3 Å². The molecule has 0 aliphatic carbocycles. The highest BCUT2D eigenvalue weighted by molar-refractivity contribution is 8.00. The lowest BCUT2D eigenvalue weighted by atomic mass is 10.0. The van der Waals surface area contributed by atoms with Gasteiger partial charge in [0.2, 0.25) is 5.91 Å². The number of hydrogen-bond acceptors (Lipinski definition) is 6. The lowest BCUT2D eigenvalue weighted by Gasteiger charge is -2.17. The topological polar surface area (TPSA) is 93.9 Å². The van der Waals surface area contributed by atoms with Gasteiger partial charge in [0.1, 0.15) is 11.6 Å². The Kier molecular flexibility index (Phi) is 7.64. The Morgan fingerprint density at radius 2 is 1.64 bits per heavy atom. The third kappa shape index (κ3) is 5.83. The van der Waals surface area contributed by atoms with Crippen LogP contribution in [0.3, 0.4) is 0 Å². The molecule has 9 heteroatoms. The Morgan fingerprint density at radius 1 is 1.03 bits per heavy atom. The van der Waals surface area contributed by atoms with Crippen molar-refractivity contribution in [3.05, 3.63) is 64.5 Å². The Morgan fingerprint density at radius 3 is 2.21 bits per heavy atom. The van der Waals surface area contributed by atoms with Gasteiger partial charge in [-0.25, -0.2) is 8.42 Å². The molecule has 0 aliphatic heterocycles. The second kappa shape index (κ2) is 10.1. The fraction of sp³-hybridized carbons (Fsp3) is 0.375. The van der Waals surface area contributed by atoms with Crippen LogP contribution in [0.5, 0.6) is 0 Å². The molecule has 1 amide bonds. The van der Waals surface area contributed by atoms with Crippen molar-refractivity contribution in [2.24, 2.45) is 7.05 Å². The van der Waals surface area contributed by atoms with Gasteiger partial charge in [0.25, 0.3) is 0 Å². The van der Waals surface area contributed by atoms with Gasteiger partial charge in [0, 0.05) is 12.7 Å². The molecule has 0 fully saturated rings. The van der Waals surface area contributed by atoms with Crippen molar-refractivity contribution in [1.82, 2.24) is 14.8 Å². The van der Waals surface area contributed by atoms with E-state index < -0.39 is 15.1 Å². The summed E-state index contributed by atoms with van der Waals surface area (Å²) in [6.45, 7) is 9.83. The van der Waals surface area contributed by atoms with Crippen LogP contribution in [0.1, 0.15) is 41.4 Å². The average Bonchev–Trinajstić information content (AvgIpc) is 3.07. The Bertz CT molecular complexity index is 1240. The maximum atomic E-state index is 13.0. The van der Waals surface area contributed by atoms with Gasteiger partial charge in [-0.1, -0.05) is 54.1 Å². The SMILES string of the molecule is CCC(Sc1nnc(CS(=O)(=O)c2ccc(C)cc2)n1C)C(=O)Nc1c(C)cc(C)cc1C. The van der Waals surface area contributed by atoms with Crippen molar-refractivity contribution in [2.75, 3.05) is 5.32 Å². The molecule has 1 atom stereocenters. The number of carbonyl (C=O) groups is 1. The monoisotopic (exact) mass is 486 g/mol. The second-order valence-corrected chi connectivity index (χ2v) is 11.5. The number of aromatic nitrogens is 3. The first-order chi connectivity index (χ1) is 15.5. The molecule has 33 heavy (non-hydrogen) atoms. The molecule has 0 spiro atoms. The van der Waals surface area contributed by atoms with Gasteiger partial charge in [0.05, 0.1) is 10.1 Å². The van der Waals surface area contributed by atoms with Crippen LogP contribution in [0.15, 0.2) is 46.5 Å². The van der Waals surface area contributed by atoms with Crippen LogP contribution in [0.2, 0.25) is 0 Å². The summed E-state index contributed by atoms with van der Waals surface area (Å²) in [5.74, 6) is -0.0434. The van der Waals surface area contributed by atoms with Crippen molar-refractivity contribution in [3.63, 3.8) is 0 Å². The number of thioether (sulfide) groups is 1. The van der Waals surface area contributed by atoms with Crippen LogP contribution in [0, 0.1) is 27.7 Å². The number of benzene rings is 2. The van der Waals surface area contributed by atoms with Crippen molar-refractivity contribution in [2.45, 2.75) is 62.1 Å². The number of nitrogens with zero attached hydrogens (tertiary/aromatic N) is 3. The van der Waals surface area contributed by atoms with E-state index in [1.807, 2.05) is 46.8 Å². The van der Waals surface area contributed by atoms with E-state index in [0.29, 0.717) is 17.4 Å². The van der Waals surface area contributed by atoms with Crippen molar-refractivity contribution in [3.8, 4) is 0 Å². The summed E-state index contributed by atoms with van der Waals surface area (Å²) >= 11 is 1.28. The van der Waals surface area contributed by atoms with Gasteiger partial charge in [-0.05, 0) is 57.4 Å². The van der Waals surface area contributed by atoms with Crippen molar-refractivity contribution < 1.29 is 13.2 Å². The Hall–Kier alpha value is -2.65. The standard InChI is InChI=1S/C24H30N4O3S2/c1-7-20(23(29)25-22-17(4)12-16(3)13-18(22)5)32-24-27-26-21(28(24)6)14-33(30,31)19-10-8-15(2)9-11-19/h8-13,20H,7,14H2,1-6H3,(H,25,29). The number of carbonyl (C=O) groups excluding carboxylic acids is 1. The molecule has 0 aliphatic rings. The smallest absolute Gasteiger partial charge is 0.237 e. The van der Waals surface area contributed by atoms with Crippen molar-refractivity contribution >= 4 is 33.2 Å². The average molecular weight is 487 g/mol. The minimum Gasteiger partial charge on any atom is -0.325 e. The van der Waals surface area contributed by atoms with Crippen LogP contribution < -0.4 is 5.32 Å². The fourth-order valence-corrected chi connectivity index (χ4v) is 5.85. The van der Waals surface area contributed by atoms with Crippen LogP contribution in [0.4, 0.5) is 5.69 Å². The predicted octanol–water partition coefficient (Wildman–Crippen LogP) is 4.53. The molecular weight excluding hydrogens is 456 g/mol. The lowest BCUT2D eigenvalue weighted by Crippen LogP contribution is -2.26. The summed E-state index contributed by atoms with van der Waals surface area (Å²) < 4.78 is 27.2. The first-order valence-electron chi connectivity index (χ1n) is 10.7. The van der Waals surface area contributed by atoms with E-state index in [1.54, 1.807) is 35.9 Å². The highest BCUT2D eigenvalue weighted by atomic mass is 32.2. The van der Waals surface area contributed by atoms with E-state index in [9.17, 15) is 13.2 Å². The number of anilines is 1. The Balaban J connectivity index is 1.75. The molecule has 0 saturated heterocycles. The molecule has 1 heterocycles. The van der Waals surface area contributed by atoms with Gasteiger partial charge in [-0.3, -0.25) is 4.79 Å². The summed E-state index contributed by atoms with van der Waals surface area (Å²) in [5, 5.41) is 11.4. The molecule has 176 valence electrons. The van der Waals surface area contributed by atoms with Gasteiger partial charge < -0.3 is 9.88 Å².